The van der Waals surface area contributed by atoms with E-state index in [1.165, 1.54) is 6.07 Å². The highest BCUT2D eigenvalue weighted by Gasteiger charge is 2.06. The lowest BCUT2D eigenvalue weighted by Crippen LogP contribution is -2.32. The third kappa shape index (κ3) is 2.38. The van der Waals surface area contributed by atoms with Gasteiger partial charge in [-0.3, -0.25) is 9.78 Å². The molecule has 0 amide bonds. The highest BCUT2D eigenvalue weighted by atomic mass is 35.5. The number of halogens is 1. The lowest BCUT2D eigenvalue weighted by Gasteiger charge is -2.08. The third-order valence-electron chi connectivity index (χ3n) is 2.72. The highest BCUT2D eigenvalue weighted by Crippen LogP contribution is 2.15. The van der Waals surface area contributed by atoms with Crippen LogP contribution >= 0.6 is 11.6 Å². The van der Waals surface area contributed by atoms with E-state index in [1.54, 1.807) is 12.1 Å². The number of nitrogens with zero attached hydrogens (tertiary/aromatic N) is 1. The lowest BCUT2D eigenvalue weighted by atomic mass is 10.0. The van der Waals surface area contributed by atoms with Crippen molar-refractivity contribution in [2.75, 3.05) is 0 Å². The molecule has 0 saturated carbocycles. The van der Waals surface area contributed by atoms with Gasteiger partial charge in [-0.25, -0.2) is 9.36 Å². The van der Waals surface area contributed by atoms with E-state index in [9.17, 15) is 9.59 Å². The van der Waals surface area contributed by atoms with Gasteiger partial charge in [0.2, 0.25) is 0 Å². The van der Waals surface area contributed by atoms with E-state index in [1.807, 2.05) is 12.1 Å². The normalized spacial score (nSPS) is 10.9. The first kappa shape index (κ1) is 12.6. The van der Waals surface area contributed by atoms with E-state index < -0.39 is 11.2 Å². The van der Waals surface area contributed by atoms with Crippen LogP contribution in [0.3, 0.4) is 0 Å². The molecule has 2 aromatic rings. The summed E-state index contributed by atoms with van der Waals surface area (Å²) in [5.74, 6) is 0.402. The fourth-order valence-electron chi connectivity index (χ4n) is 1.72. The number of aromatic nitrogens is 2. The average molecular weight is 265 g/mol. The molecule has 1 N–H and O–H groups in total. The van der Waals surface area contributed by atoms with Crippen molar-refractivity contribution >= 4 is 11.6 Å². The van der Waals surface area contributed by atoms with Crippen LogP contribution in [0.4, 0.5) is 0 Å². The van der Waals surface area contributed by atoms with Gasteiger partial charge in [-0.2, -0.15) is 0 Å². The molecule has 0 aliphatic heterocycles. The number of benzene rings is 1. The largest absolute Gasteiger partial charge is 0.334 e. The van der Waals surface area contributed by atoms with Gasteiger partial charge in [-0.1, -0.05) is 37.6 Å². The minimum Gasteiger partial charge on any atom is -0.297 e. The molecule has 5 heteroatoms. The number of aromatic amines is 1. The van der Waals surface area contributed by atoms with Gasteiger partial charge in [0.25, 0.3) is 5.56 Å². The van der Waals surface area contributed by atoms with Gasteiger partial charge < -0.3 is 0 Å². The van der Waals surface area contributed by atoms with E-state index >= 15 is 0 Å². The van der Waals surface area contributed by atoms with Crippen LogP contribution in [0.1, 0.15) is 25.3 Å². The molecule has 1 aromatic heterocycles. The number of hydrogen-bond donors (Lipinski definition) is 1. The number of H-pyrrole nitrogens is 1. The predicted molar refractivity (Wildman–Crippen MR) is 71.8 cm³/mol. The lowest BCUT2D eigenvalue weighted by molar-refractivity contribution is 0.853. The Labute approximate surface area is 109 Å². The van der Waals surface area contributed by atoms with E-state index in [0.29, 0.717) is 11.6 Å². The summed E-state index contributed by atoms with van der Waals surface area (Å²) in [6.45, 7) is 4.16. The van der Waals surface area contributed by atoms with Crippen LogP contribution in [0.25, 0.3) is 5.69 Å². The number of nitrogens with one attached hydrogen (secondary N) is 1. The maximum Gasteiger partial charge on any atom is 0.334 e. The van der Waals surface area contributed by atoms with Crippen molar-refractivity contribution in [3.63, 3.8) is 0 Å². The van der Waals surface area contributed by atoms with Crippen LogP contribution < -0.4 is 11.2 Å². The van der Waals surface area contributed by atoms with E-state index in [2.05, 4.69) is 18.8 Å². The predicted octanol–water partition coefficient (Wildman–Crippen LogP) is 2.30. The fraction of sp³-hybridized carbons (Fsp3) is 0.231. The third-order valence-corrected chi connectivity index (χ3v) is 2.92. The Kier molecular flexibility index (Phi) is 3.39. The van der Waals surface area contributed by atoms with Gasteiger partial charge in [0, 0.05) is 6.07 Å². The Morgan fingerprint density at radius 3 is 2.28 bits per heavy atom. The Morgan fingerprint density at radius 1 is 1.17 bits per heavy atom. The molecule has 2 rings (SSSR count). The van der Waals surface area contributed by atoms with E-state index in [4.69, 9.17) is 11.6 Å². The highest BCUT2D eigenvalue weighted by molar-refractivity contribution is 6.29. The van der Waals surface area contributed by atoms with E-state index in [0.717, 1.165) is 10.1 Å². The molecule has 0 aliphatic carbocycles. The maximum absolute atomic E-state index is 11.7. The van der Waals surface area contributed by atoms with Crippen LogP contribution in [-0.4, -0.2) is 9.55 Å². The molecular formula is C13H13ClN2O2. The second-order valence-corrected chi connectivity index (χ2v) is 4.75. The van der Waals surface area contributed by atoms with Gasteiger partial charge in [0.05, 0.1) is 5.69 Å². The van der Waals surface area contributed by atoms with Gasteiger partial charge in [-0.15, -0.1) is 0 Å². The van der Waals surface area contributed by atoms with Crippen LogP contribution in [0.5, 0.6) is 0 Å². The average Bonchev–Trinajstić information content (AvgIpc) is 2.28. The first-order valence-corrected chi connectivity index (χ1v) is 5.99. The Hall–Kier alpha value is -1.81. The molecule has 0 fully saturated rings. The monoisotopic (exact) mass is 264 g/mol. The molecule has 0 radical (unpaired) electrons. The molecule has 18 heavy (non-hydrogen) atoms. The summed E-state index contributed by atoms with van der Waals surface area (Å²) in [5, 5.41) is 0.0417. The Morgan fingerprint density at radius 2 is 1.78 bits per heavy atom. The van der Waals surface area contributed by atoms with Gasteiger partial charge in [0.1, 0.15) is 5.15 Å². The van der Waals surface area contributed by atoms with Crippen molar-refractivity contribution < 1.29 is 0 Å². The van der Waals surface area contributed by atoms with Crippen molar-refractivity contribution in [2.45, 2.75) is 19.8 Å². The van der Waals surface area contributed by atoms with Crippen molar-refractivity contribution in [1.82, 2.24) is 9.55 Å². The number of rotatable bonds is 2. The fourth-order valence-corrected chi connectivity index (χ4v) is 1.89. The van der Waals surface area contributed by atoms with Crippen LogP contribution in [0.2, 0.25) is 5.15 Å². The quantitative estimate of drug-likeness (QED) is 0.846. The minimum absolute atomic E-state index is 0.0417. The van der Waals surface area contributed by atoms with Crippen molar-refractivity contribution in [1.29, 1.82) is 0 Å². The Balaban J connectivity index is 2.56. The van der Waals surface area contributed by atoms with Gasteiger partial charge in [-0.05, 0) is 23.6 Å². The molecule has 4 nitrogen and oxygen atoms in total. The molecule has 0 unspecified atom stereocenters. The summed E-state index contributed by atoms with van der Waals surface area (Å²) in [4.78, 5) is 25.8. The molecule has 1 heterocycles. The second kappa shape index (κ2) is 4.82. The topological polar surface area (TPSA) is 54.9 Å². The molecule has 0 aliphatic rings. The molecule has 0 spiro atoms. The molecule has 0 atom stereocenters. The zero-order chi connectivity index (χ0) is 13.3. The second-order valence-electron chi connectivity index (χ2n) is 4.34. The first-order chi connectivity index (χ1) is 8.49. The van der Waals surface area contributed by atoms with Crippen LogP contribution in [-0.2, 0) is 0 Å². The standard InChI is InChI=1S/C13H13ClN2O2/c1-8(2)9-3-5-10(6-4-9)16-12(17)7-11(14)15-13(16)18/h3-8H,1-2H3,(H,15,18). The van der Waals surface area contributed by atoms with E-state index in [-0.39, 0.29) is 5.15 Å². The van der Waals surface area contributed by atoms with Crippen molar-refractivity contribution in [3.8, 4) is 5.69 Å². The summed E-state index contributed by atoms with van der Waals surface area (Å²) < 4.78 is 1.05. The molecule has 94 valence electrons. The SMILES string of the molecule is CC(C)c1ccc(-n2c(=O)cc(Cl)[nH]c2=O)cc1. The van der Waals surface area contributed by atoms with Crippen LogP contribution in [0.15, 0.2) is 39.9 Å². The molecule has 1 aromatic carbocycles. The zero-order valence-corrected chi connectivity index (χ0v) is 10.9. The van der Waals surface area contributed by atoms with Crippen LogP contribution in [0, 0.1) is 0 Å². The van der Waals surface area contributed by atoms with Crippen molar-refractivity contribution in [3.05, 3.63) is 61.9 Å². The molecule has 0 saturated heterocycles. The minimum atomic E-state index is -0.537. The summed E-state index contributed by atoms with van der Waals surface area (Å²) in [5.41, 5.74) is 0.699. The summed E-state index contributed by atoms with van der Waals surface area (Å²) in [6.07, 6.45) is 0. The molecule has 0 bridgehead atoms. The number of hydrogen-bond acceptors (Lipinski definition) is 2. The van der Waals surface area contributed by atoms with Gasteiger partial charge in [0.15, 0.2) is 0 Å². The summed E-state index contributed by atoms with van der Waals surface area (Å²) >= 11 is 5.61. The summed E-state index contributed by atoms with van der Waals surface area (Å²) in [7, 11) is 0. The Bertz CT molecular complexity index is 637. The summed E-state index contributed by atoms with van der Waals surface area (Å²) in [6, 6.07) is 8.49. The smallest absolute Gasteiger partial charge is 0.297 e. The molecular weight excluding hydrogens is 252 g/mol. The first-order valence-electron chi connectivity index (χ1n) is 5.61. The maximum atomic E-state index is 11.7. The zero-order valence-electron chi connectivity index (χ0n) is 10.1. The van der Waals surface area contributed by atoms with Gasteiger partial charge >= 0.3 is 5.69 Å². The van der Waals surface area contributed by atoms with Crippen molar-refractivity contribution in [2.24, 2.45) is 0 Å².